The average Bonchev–Trinajstić information content (AvgIpc) is 2.98. The van der Waals surface area contributed by atoms with Crippen LogP contribution in [0.1, 0.15) is 15.9 Å². The number of methoxy groups -OCH3 is 2. The lowest BCUT2D eigenvalue weighted by molar-refractivity contribution is 0.102. The Kier molecular flexibility index (Phi) is 7.99. The van der Waals surface area contributed by atoms with E-state index in [2.05, 4.69) is 27.2 Å². The topological polar surface area (TPSA) is 74.3 Å². The Morgan fingerprint density at radius 1 is 0.821 bits per heavy atom. The zero-order chi connectivity index (χ0) is 27.2. The fourth-order valence-corrected chi connectivity index (χ4v) is 4.85. The van der Waals surface area contributed by atoms with Crippen LogP contribution in [0.4, 0.5) is 11.4 Å². The maximum atomic E-state index is 12.7. The van der Waals surface area contributed by atoms with Crippen molar-refractivity contribution >= 4 is 17.3 Å². The van der Waals surface area contributed by atoms with Crippen molar-refractivity contribution < 1.29 is 19.4 Å². The summed E-state index contributed by atoms with van der Waals surface area (Å²) in [6, 6.07) is 28.5. The number of phenolic OH excluding ortho intramolecular Hbond substituents is 1. The number of anilines is 2. The summed E-state index contributed by atoms with van der Waals surface area (Å²) >= 11 is 0. The summed E-state index contributed by atoms with van der Waals surface area (Å²) in [6.45, 7) is 4.47. The van der Waals surface area contributed by atoms with Crippen LogP contribution in [0.3, 0.4) is 0 Å². The number of piperazine rings is 1. The number of amides is 1. The highest BCUT2D eigenvalue weighted by atomic mass is 16.5. The van der Waals surface area contributed by atoms with Crippen LogP contribution in [-0.2, 0) is 6.54 Å². The molecule has 2 N–H and O–H groups in total. The second kappa shape index (κ2) is 11.9. The molecule has 4 aromatic rings. The van der Waals surface area contributed by atoms with Gasteiger partial charge < -0.3 is 24.8 Å². The van der Waals surface area contributed by atoms with Gasteiger partial charge in [0, 0.05) is 55.2 Å². The molecule has 0 unspecified atom stereocenters. The normalized spacial score (nSPS) is 13.6. The van der Waals surface area contributed by atoms with Crippen molar-refractivity contribution in [2.45, 2.75) is 6.54 Å². The molecule has 0 radical (unpaired) electrons. The monoisotopic (exact) mass is 523 g/mol. The maximum Gasteiger partial charge on any atom is 0.255 e. The smallest absolute Gasteiger partial charge is 0.255 e. The molecule has 7 nitrogen and oxygen atoms in total. The Labute approximate surface area is 229 Å². The highest BCUT2D eigenvalue weighted by molar-refractivity contribution is 6.04. The largest absolute Gasteiger partial charge is 0.508 e. The molecule has 4 aromatic carbocycles. The van der Waals surface area contributed by atoms with Gasteiger partial charge in [0.1, 0.15) is 17.2 Å². The quantitative estimate of drug-likeness (QED) is 0.311. The molecule has 200 valence electrons. The highest BCUT2D eigenvalue weighted by Gasteiger charge is 2.19. The maximum absolute atomic E-state index is 12.7. The van der Waals surface area contributed by atoms with Gasteiger partial charge in [0.05, 0.1) is 14.2 Å². The molecule has 1 aliphatic rings. The zero-order valence-corrected chi connectivity index (χ0v) is 22.3. The molecule has 0 aliphatic carbocycles. The van der Waals surface area contributed by atoms with Gasteiger partial charge in [0.2, 0.25) is 0 Å². The predicted molar refractivity (Wildman–Crippen MR) is 155 cm³/mol. The first-order valence-electron chi connectivity index (χ1n) is 13.0. The Hall–Kier alpha value is -4.49. The van der Waals surface area contributed by atoms with E-state index < -0.39 is 0 Å². The summed E-state index contributed by atoms with van der Waals surface area (Å²) in [4.78, 5) is 17.4. The third-order valence-electron chi connectivity index (χ3n) is 7.08. The molecular formula is C32H33N3O4. The molecule has 0 saturated carbocycles. The van der Waals surface area contributed by atoms with Crippen molar-refractivity contribution in [1.82, 2.24) is 4.90 Å². The lowest BCUT2D eigenvalue weighted by Crippen LogP contribution is -2.46. The molecule has 0 aromatic heterocycles. The Balaban J connectivity index is 1.16. The fraction of sp³-hybridized carbons (Fsp3) is 0.219. The van der Waals surface area contributed by atoms with Crippen molar-refractivity contribution in [2.75, 3.05) is 50.6 Å². The van der Waals surface area contributed by atoms with Crippen molar-refractivity contribution in [2.24, 2.45) is 0 Å². The molecule has 7 heteroatoms. The van der Waals surface area contributed by atoms with E-state index in [0.29, 0.717) is 5.56 Å². The molecule has 39 heavy (non-hydrogen) atoms. The van der Waals surface area contributed by atoms with Crippen LogP contribution in [0, 0.1) is 0 Å². The molecule has 1 heterocycles. The molecule has 0 atom stereocenters. The summed E-state index contributed by atoms with van der Waals surface area (Å²) in [5, 5.41) is 12.7. The number of hydrogen-bond donors (Lipinski definition) is 2. The summed E-state index contributed by atoms with van der Waals surface area (Å²) in [5.74, 6) is 1.71. The molecule has 1 saturated heterocycles. The minimum atomic E-state index is -0.138. The zero-order valence-electron chi connectivity index (χ0n) is 22.3. The number of nitrogens with zero attached hydrogens (tertiary/aromatic N) is 2. The second-order valence-corrected chi connectivity index (χ2v) is 9.57. The number of hydrogen-bond acceptors (Lipinski definition) is 6. The Morgan fingerprint density at radius 3 is 2.21 bits per heavy atom. The first-order chi connectivity index (χ1) is 19.0. The average molecular weight is 524 g/mol. The van der Waals surface area contributed by atoms with E-state index in [4.69, 9.17) is 9.47 Å². The number of carbonyl (C=O) groups excluding carboxylic acids is 1. The van der Waals surface area contributed by atoms with Gasteiger partial charge in [-0.05, 0) is 77.9 Å². The van der Waals surface area contributed by atoms with E-state index in [-0.39, 0.29) is 11.7 Å². The van der Waals surface area contributed by atoms with Gasteiger partial charge >= 0.3 is 0 Å². The minimum Gasteiger partial charge on any atom is -0.508 e. The number of ether oxygens (including phenoxy) is 2. The molecule has 1 aliphatic heterocycles. The van der Waals surface area contributed by atoms with E-state index in [9.17, 15) is 9.90 Å². The number of carbonyl (C=O) groups is 1. The van der Waals surface area contributed by atoms with E-state index >= 15 is 0 Å². The van der Waals surface area contributed by atoms with Gasteiger partial charge in [-0.15, -0.1) is 0 Å². The van der Waals surface area contributed by atoms with E-state index in [1.807, 2.05) is 66.7 Å². The van der Waals surface area contributed by atoms with Crippen LogP contribution >= 0.6 is 0 Å². The van der Waals surface area contributed by atoms with Crippen molar-refractivity contribution in [3.05, 3.63) is 102 Å². The van der Waals surface area contributed by atoms with Crippen molar-refractivity contribution in [1.29, 1.82) is 0 Å². The SMILES string of the molecule is COc1ccc(NC(=O)c2ccc(N3CCN(Cc4ccc(-c5cccc(O)c5)cc4OC)CC3)cc2)cc1. The third-order valence-corrected chi connectivity index (χ3v) is 7.08. The van der Waals surface area contributed by atoms with Gasteiger partial charge in [-0.2, -0.15) is 0 Å². The molecule has 0 bridgehead atoms. The Morgan fingerprint density at radius 2 is 1.54 bits per heavy atom. The lowest BCUT2D eigenvalue weighted by Gasteiger charge is -2.36. The van der Waals surface area contributed by atoms with Crippen LogP contribution in [0.25, 0.3) is 11.1 Å². The molecule has 0 spiro atoms. The van der Waals surface area contributed by atoms with Crippen LogP contribution in [-0.4, -0.2) is 56.3 Å². The first kappa shape index (κ1) is 26.1. The van der Waals surface area contributed by atoms with E-state index in [1.54, 1.807) is 26.4 Å². The third kappa shape index (κ3) is 6.33. The van der Waals surface area contributed by atoms with Gasteiger partial charge in [-0.1, -0.05) is 24.3 Å². The fourth-order valence-electron chi connectivity index (χ4n) is 4.85. The number of phenols is 1. The van der Waals surface area contributed by atoms with E-state index in [0.717, 1.165) is 72.3 Å². The van der Waals surface area contributed by atoms with Crippen molar-refractivity contribution in [3.63, 3.8) is 0 Å². The molecule has 5 rings (SSSR count). The Bertz CT molecular complexity index is 1410. The first-order valence-corrected chi connectivity index (χ1v) is 13.0. The number of nitrogens with one attached hydrogen (secondary N) is 1. The van der Waals surface area contributed by atoms with Gasteiger partial charge in [-0.25, -0.2) is 0 Å². The molecule has 1 amide bonds. The standard InChI is InChI=1S/C32H33N3O4/c1-38-30-14-10-27(11-15-30)33-32(37)23-8-12-28(13-9-23)35-18-16-34(17-19-35)22-26-7-6-25(21-31(26)39-2)24-4-3-5-29(36)20-24/h3-15,20-21,36H,16-19,22H2,1-2H3,(H,33,37). The second-order valence-electron chi connectivity index (χ2n) is 9.57. The van der Waals surface area contributed by atoms with Crippen LogP contribution in [0.15, 0.2) is 91.0 Å². The molecular weight excluding hydrogens is 490 g/mol. The number of benzene rings is 4. The molecule has 1 fully saturated rings. The van der Waals surface area contributed by atoms with Gasteiger partial charge in [0.25, 0.3) is 5.91 Å². The van der Waals surface area contributed by atoms with Crippen LogP contribution in [0.5, 0.6) is 17.2 Å². The summed E-state index contributed by atoms with van der Waals surface area (Å²) in [7, 11) is 3.31. The minimum absolute atomic E-state index is 0.138. The van der Waals surface area contributed by atoms with Gasteiger partial charge in [0.15, 0.2) is 0 Å². The van der Waals surface area contributed by atoms with Crippen LogP contribution in [0.2, 0.25) is 0 Å². The van der Waals surface area contributed by atoms with Crippen molar-refractivity contribution in [3.8, 4) is 28.4 Å². The number of rotatable bonds is 8. The predicted octanol–water partition coefficient (Wildman–Crippen LogP) is 5.65. The summed E-state index contributed by atoms with van der Waals surface area (Å²) in [5.41, 5.74) is 5.57. The van der Waals surface area contributed by atoms with Gasteiger partial charge in [-0.3, -0.25) is 9.69 Å². The van der Waals surface area contributed by atoms with E-state index in [1.165, 1.54) is 0 Å². The number of aromatic hydroxyl groups is 1. The highest BCUT2D eigenvalue weighted by Crippen LogP contribution is 2.30. The van der Waals surface area contributed by atoms with Crippen LogP contribution < -0.4 is 19.7 Å². The summed E-state index contributed by atoms with van der Waals surface area (Å²) in [6.07, 6.45) is 0. The lowest BCUT2D eigenvalue weighted by atomic mass is 10.0. The summed E-state index contributed by atoms with van der Waals surface area (Å²) < 4.78 is 10.9.